The first-order valence-corrected chi connectivity index (χ1v) is 4.10. The van der Waals surface area contributed by atoms with Crippen LogP contribution in [0.3, 0.4) is 0 Å². The summed E-state index contributed by atoms with van der Waals surface area (Å²) in [6.07, 6.45) is 2.45. The average molecular weight is 173 g/mol. The quantitative estimate of drug-likeness (QED) is 0.542. The van der Waals surface area contributed by atoms with E-state index in [-0.39, 0.29) is 0 Å². The van der Waals surface area contributed by atoms with Gasteiger partial charge in [0.2, 0.25) is 0 Å². The summed E-state index contributed by atoms with van der Waals surface area (Å²) in [5.41, 5.74) is 2.89. The van der Waals surface area contributed by atoms with Crippen molar-refractivity contribution in [3.63, 3.8) is 0 Å². The molecule has 2 rings (SSSR count). The molecule has 0 saturated heterocycles. The van der Waals surface area contributed by atoms with Crippen molar-refractivity contribution < 1.29 is 5.02 Å². The van der Waals surface area contributed by atoms with Gasteiger partial charge in [0.25, 0.3) is 0 Å². The number of nitroso groups, excluding NO2 is 1. The number of fused-ring (bicyclic) bond motifs is 1. The van der Waals surface area contributed by atoms with Crippen molar-refractivity contribution in [3.8, 4) is 0 Å². The second kappa shape index (κ2) is 3.14. The summed E-state index contributed by atoms with van der Waals surface area (Å²) in [5.74, 6) is 0. The van der Waals surface area contributed by atoms with Gasteiger partial charge in [-0.25, -0.2) is 0 Å². The lowest BCUT2D eigenvalue weighted by atomic mass is 9.74. The summed E-state index contributed by atoms with van der Waals surface area (Å²) in [6, 6.07) is 7.81. The predicted octanol–water partition coefficient (Wildman–Crippen LogP) is 1.41. The van der Waals surface area contributed by atoms with Crippen LogP contribution in [0.15, 0.2) is 34.8 Å². The van der Waals surface area contributed by atoms with Crippen LogP contribution < -0.4 is 0 Å². The molecular formula is C9H8BNO2. The second-order valence-corrected chi connectivity index (χ2v) is 3.07. The molecule has 0 unspecified atom stereocenters. The van der Waals surface area contributed by atoms with Crippen molar-refractivity contribution in [2.45, 2.75) is 6.42 Å². The molecule has 0 heterocycles. The Morgan fingerprint density at radius 2 is 2.15 bits per heavy atom. The number of benzene rings is 1. The molecule has 0 spiro atoms. The lowest BCUT2D eigenvalue weighted by Gasteiger charge is -1.97. The van der Waals surface area contributed by atoms with E-state index in [1.807, 2.05) is 30.3 Å². The SMILES string of the molecule is O=NB(O)C1=Cc2ccccc2C1. The van der Waals surface area contributed by atoms with Gasteiger partial charge in [-0.15, -0.1) is 0 Å². The summed E-state index contributed by atoms with van der Waals surface area (Å²) in [7, 11) is -1.19. The molecule has 1 aliphatic carbocycles. The molecule has 0 fully saturated rings. The topological polar surface area (TPSA) is 49.7 Å². The van der Waals surface area contributed by atoms with Gasteiger partial charge in [-0.3, -0.25) is 0 Å². The molecule has 0 atom stereocenters. The van der Waals surface area contributed by atoms with E-state index in [9.17, 15) is 9.93 Å². The smallest absolute Gasteiger partial charge is 0.425 e. The van der Waals surface area contributed by atoms with Gasteiger partial charge in [0.05, 0.1) is 0 Å². The first-order valence-electron chi connectivity index (χ1n) is 4.10. The van der Waals surface area contributed by atoms with E-state index in [1.165, 1.54) is 0 Å². The maximum atomic E-state index is 10.1. The summed E-state index contributed by atoms with van der Waals surface area (Å²) in [5, 5.41) is 11.8. The summed E-state index contributed by atoms with van der Waals surface area (Å²) in [6.45, 7) is 0. The van der Waals surface area contributed by atoms with Crippen molar-refractivity contribution in [1.29, 1.82) is 0 Å². The number of hydrogen-bond donors (Lipinski definition) is 1. The molecule has 1 aliphatic rings. The molecule has 0 bridgehead atoms. The van der Waals surface area contributed by atoms with Crippen LogP contribution in [0.25, 0.3) is 6.08 Å². The average Bonchev–Trinajstić information content (AvgIpc) is 2.59. The highest BCUT2D eigenvalue weighted by Gasteiger charge is 2.24. The molecule has 3 nitrogen and oxygen atoms in total. The summed E-state index contributed by atoms with van der Waals surface area (Å²) >= 11 is 0. The largest absolute Gasteiger partial charge is 0.513 e. The van der Waals surface area contributed by atoms with E-state index < -0.39 is 7.05 Å². The minimum absolute atomic E-state index is 0.628. The molecule has 1 aromatic rings. The van der Waals surface area contributed by atoms with Crippen LogP contribution in [-0.2, 0) is 6.42 Å². The predicted molar refractivity (Wildman–Crippen MR) is 51.9 cm³/mol. The van der Waals surface area contributed by atoms with Gasteiger partial charge in [-0.2, -0.15) is 4.91 Å². The first-order chi connectivity index (χ1) is 6.31. The Kier molecular flexibility index (Phi) is 1.98. The number of hydrogen-bond acceptors (Lipinski definition) is 3. The number of allylic oxidation sites excluding steroid dienone is 1. The Morgan fingerprint density at radius 1 is 1.38 bits per heavy atom. The normalized spacial score (nSPS) is 13.5. The standard InChI is InChI=1S/C9H8BNO2/c12-10(11-13)9-5-7-3-1-2-4-8(7)6-9/h1-5,12H,6H2. The Hall–Kier alpha value is -1.42. The van der Waals surface area contributed by atoms with Gasteiger partial charge in [0.15, 0.2) is 0 Å². The molecule has 13 heavy (non-hydrogen) atoms. The van der Waals surface area contributed by atoms with Gasteiger partial charge in [0, 0.05) is 0 Å². The zero-order chi connectivity index (χ0) is 9.26. The highest BCUT2D eigenvalue weighted by molar-refractivity contribution is 6.58. The van der Waals surface area contributed by atoms with Crippen LogP contribution in [0, 0.1) is 4.91 Å². The number of nitrogens with zero attached hydrogens (tertiary/aromatic N) is 1. The minimum atomic E-state index is -1.19. The van der Waals surface area contributed by atoms with E-state index in [0.29, 0.717) is 11.9 Å². The van der Waals surface area contributed by atoms with Crippen LogP contribution in [0.1, 0.15) is 11.1 Å². The van der Waals surface area contributed by atoms with Gasteiger partial charge in [-0.05, 0) is 23.0 Å². The van der Waals surface area contributed by atoms with Crippen LogP contribution in [0.4, 0.5) is 0 Å². The van der Waals surface area contributed by atoms with Crippen molar-refractivity contribution in [3.05, 3.63) is 45.8 Å². The fourth-order valence-electron chi connectivity index (χ4n) is 1.54. The van der Waals surface area contributed by atoms with Gasteiger partial charge >= 0.3 is 7.05 Å². The Balaban J connectivity index is 2.30. The van der Waals surface area contributed by atoms with Crippen molar-refractivity contribution in [2.75, 3.05) is 0 Å². The maximum Gasteiger partial charge on any atom is 0.513 e. The fraction of sp³-hybridized carbons (Fsp3) is 0.111. The third-order valence-corrected chi connectivity index (χ3v) is 2.22. The highest BCUT2D eigenvalue weighted by atomic mass is 16.3. The molecule has 0 amide bonds. The first kappa shape index (κ1) is 8.20. The van der Waals surface area contributed by atoms with Gasteiger partial charge in [-0.1, -0.05) is 35.4 Å². The molecular weight excluding hydrogens is 165 g/mol. The molecule has 0 radical (unpaired) electrons. The van der Waals surface area contributed by atoms with Crippen LogP contribution in [0.5, 0.6) is 0 Å². The van der Waals surface area contributed by atoms with Crippen LogP contribution in [0.2, 0.25) is 0 Å². The van der Waals surface area contributed by atoms with Crippen LogP contribution in [-0.4, -0.2) is 12.1 Å². The van der Waals surface area contributed by atoms with E-state index in [4.69, 9.17) is 0 Å². The molecule has 1 aromatic carbocycles. The lowest BCUT2D eigenvalue weighted by Crippen LogP contribution is -2.12. The van der Waals surface area contributed by atoms with Gasteiger partial charge in [0.1, 0.15) is 0 Å². The van der Waals surface area contributed by atoms with Crippen molar-refractivity contribution in [1.82, 2.24) is 0 Å². The minimum Gasteiger partial charge on any atom is -0.425 e. The van der Waals surface area contributed by atoms with Crippen molar-refractivity contribution >= 4 is 13.1 Å². The molecule has 1 N–H and O–H groups in total. The monoisotopic (exact) mass is 173 g/mol. The Bertz CT molecular complexity index is 376. The molecule has 0 saturated carbocycles. The van der Waals surface area contributed by atoms with E-state index in [0.717, 1.165) is 11.1 Å². The molecule has 64 valence electrons. The zero-order valence-electron chi connectivity index (χ0n) is 6.97. The third kappa shape index (κ3) is 1.40. The Labute approximate surface area is 76.2 Å². The third-order valence-electron chi connectivity index (χ3n) is 2.22. The number of rotatable bonds is 2. The van der Waals surface area contributed by atoms with Crippen molar-refractivity contribution in [2.24, 2.45) is 5.09 Å². The lowest BCUT2D eigenvalue weighted by molar-refractivity contribution is 0.581. The molecule has 4 heteroatoms. The molecule has 0 aliphatic heterocycles. The van der Waals surface area contributed by atoms with E-state index in [2.05, 4.69) is 5.09 Å². The van der Waals surface area contributed by atoms with Gasteiger partial charge < -0.3 is 5.02 Å². The highest BCUT2D eigenvalue weighted by Crippen LogP contribution is 2.25. The second-order valence-electron chi connectivity index (χ2n) is 3.07. The Morgan fingerprint density at radius 3 is 2.85 bits per heavy atom. The van der Waals surface area contributed by atoms with E-state index in [1.54, 1.807) is 0 Å². The fourth-order valence-corrected chi connectivity index (χ4v) is 1.54. The summed E-state index contributed by atoms with van der Waals surface area (Å²) in [4.78, 5) is 10.1. The van der Waals surface area contributed by atoms with Crippen LogP contribution >= 0.6 is 0 Å². The van der Waals surface area contributed by atoms with E-state index >= 15 is 0 Å². The molecule has 0 aromatic heterocycles. The maximum absolute atomic E-state index is 10.1. The zero-order valence-corrected chi connectivity index (χ0v) is 6.97. The summed E-state index contributed by atoms with van der Waals surface area (Å²) < 4.78 is 0.